The van der Waals surface area contributed by atoms with E-state index in [4.69, 9.17) is 25.8 Å². The maximum Gasteiger partial charge on any atom is 0.234 e. The third-order valence-corrected chi connectivity index (χ3v) is 5.24. The van der Waals surface area contributed by atoms with Crippen molar-refractivity contribution in [2.75, 3.05) is 43.5 Å². The number of carbonyl (C=O) groups is 2. The van der Waals surface area contributed by atoms with Crippen LogP contribution in [0.5, 0.6) is 17.2 Å². The SMILES string of the molecule is COc1ccc(NC(=O)CSCC(=O)Nc2cc(C)c(Cl)cc2OC)c(OC)c1. The molecule has 156 valence electrons. The van der Waals surface area contributed by atoms with Gasteiger partial charge in [0.25, 0.3) is 0 Å². The van der Waals surface area contributed by atoms with E-state index >= 15 is 0 Å². The summed E-state index contributed by atoms with van der Waals surface area (Å²) < 4.78 is 15.6. The molecule has 0 fully saturated rings. The number of thioether (sulfide) groups is 1. The van der Waals surface area contributed by atoms with Gasteiger partial charge < -0.3 is 24.8 Å². The summed E-state index contributed by atoms with van der Waals surface area (Å²) in [4.78, 5) is 24.4. The van der Waals surface area contributed by atoms with Gasteiger partial charge in [-0.15, -0.1) is 11.8 Å². The molecular weight excluding hydrogens is 416 g/mol. The zero-order valence-electron chi connectivity index (χ0n) is 16.6. The van der Waals surface area contributed by atoms with E-state index in [0.717, 1.165) is 5.56 Å². The number of hydrogen-bond donors (Lipinski definition) is 2. The van der Waals surface area contributed by atoms with Crippen molar-refractivity contribution in [3.8, 4) is 17.2 Å². The number of hydrogen-bond acceptors (Lipinski definition) is 6. The predicted molar refractivity (Wildman–Crippen MR) is 117 cm³/mol. The molecule has 0 atom stereocenters. The van der Waals surface area contributed by atoms with E-state index in [1.165, 1.54) is 26.0 Å². The van der Waals surface area contributed by atoms with Crippen molar-refractivity contribution >= 4 is 46.6 Å². The Hall–Kier alpha value is -2.58. The Labute approximate surface area is 179 Å². The molecule has 0 unspecified atom stereocenters. The highest BCUT2D eigenvalue weighted by atomic mass is 35.5. The fraction of sp³-hybridized carbons (Fsp3) is 0.300. The molecule has 0 heterocycles. The van der Waals surface area contributed by atoms with Gasteiger partial charge in [0.05, 0.1) is 44.2 Å². The van der Waals surface area contributed by atoms with E-state index in [0.29, 0.717) is 33.6 Å². The highest BCUT2D eigenvalue weighted by molar-refractivity contribution is 8.00. The molecule has 2 N–H and O–H groups in total. The minimum Gasteiger partial charge on any atom is -0.497 e. The molecule has 0 aliphatic rings. The molecule has 2 aromatic carbocycles. The molecule has 2 aromatic rings. The molecule has 0 radical (unpaired) electrons. The molecule has 7 nitrogen and oxygen atoms in total. The van der Waals surface area contributed by atoms with E-state index < -0.39 is 0 Å². The van der Waals surface area contributed by atoms with Gasteiger partial charge in [-0.1, -0.05) is 11.6 Å². The first-order chi connectivity index (χ1) is 13.9. The predicted octanol–water partition coefficient (Wildman–Crippen LogP) is 3.98. The van der Waals surface area contributed by atoms with E-state index in [-0.39, 0.29) is 23.3 Å². The summed E-state index contributed by atoms with van der Waals surface area (Å²) in [6, 6.07) is 8.49. The summed E-state index contributed by atoms with van der Waals surface area (Å²) in [6.45, 7) is 1.84. The van der Waals surface area contributed by atoms with Crippen molar-refractivity contribution < 1.29 is 23.8 Å². The van der Waals surface area contributed by atoms with E-state index in [9.17, 15) is 9.59 Å². The average Bonchev–Trinajstić information content (AvgIpc) is 2.70. The molecule has 0 saturated heterocycles. The minimum absolute atomic E-state index is 0.109. The average molecular weight is 439 g/mol. The van der Waals surface area contributed by atoms with Crippen molar-refractivity contribution in [2.45, 2.75) is 6.92 Å². The standard InChI is InChI=1S/C20H23ClN2O5S/c1-12-7-16(18(28-4)9-14(12)21)23-20(25)11-29-10-19(24)22-15-6-5-13(26-2)8-17(15)27-3/h5-9H,10-11H2,1-4H3,(H,22,24)(H,23,25). The molecule has 0 aliphatic carbocycles. The third-order valence-electron chi connectivity index (χ3n) is 3.90. The molecule has 0 spiro atoms. The van der Waals surface area contributed by atoms with E-state index in [1.54, 1.807) is 37.4 Å². The highest BCUT2D eigenvalue weighted by Crippen LogP contribution is 2.31. The quantitative estimate of drug-likeness (QED) is 0.615. The Morgan fingerprint density at radius 1 is 0.897 bits per heavy atom. The van der Waals surface area contributed by atoms with Crippen LogP contribution in [-0.2, 0) is 9.59 Å². The number of amides is 2. The van der Waals surface area contributed by atoms with Crippen molar-refractivity contribution in [1.82, 2.24) is 0 Å². The lowest BCUT2D eigenvalue weighted by atomic mass is 10.2. The Morgan fingerprint density at radius 3 is 2.07 bits per heavy atom. The molecule has 2 amide bonds. The van der Waals surface area contributed by atoms with Crippen LogP contribution in [-0.4, -0.2) is 44.6 Å². The number of carbonyl (C=O) groups excluding carboxylic acids is 2. The van der Waals surface area contributed by atoms with Crippen LogP contribution in [0.3, 0.4) is 0 Å². The van der Waals surface area contributed by atoms with Crippen LogP contribution in [0.15, 0.2) is 30.3 Å². The monoisotopic (exact) mass is 438 g/mol. The molecular formula is C20H23ClN2O5S. The Bertz CT molecular complexity index is 891. The second-order valence-corrected chi connectivity index (χ2v) is 7.35. The number of anilines is 2. The smallest absolute Gasteiger partial charge is 0.234 e. The summed E-state index contributed by atoms with van der Waals surface area (Å²) in [7, 11) is 4.56. The van der Waals surface area contributed by atoms with Crippen LogP contribution in [0.4, 0.5) is 11.4 Å². The molecule has 0 saturated carbocycles. The first-order valence-electron chi connectivity index (χ1n) is 8.61. The molecule has 9 heteroatoms. The Balaban J connectivity index is 1.86. The maximum absolute atomic E-state index is 12.2. The number of methoxy groups -OCH3 is 3. The van der Waals surface area contributed by atoms with Crippen LogP contribution in [0.2, 0.25) is 5.02 Å². The van der Waals surface area contributed by atoms with Gasteiger partial charge in [0, 0.05) is 17.2 Å². The van der Waals surface area contributed by atoms with Crippen molar-refractivity contribution in [3.63, 3.8) is 0 Å². The maximum atomic E-state index is 12.2. The lowest BCUT2D eigenvalue weighted by Gasteiger charge is -2.13. The summed E-state index contributed by atoms with van der Waals surface area (Å²) >= 11 is 7.26. The normalized spacial score (nSPS) is 10.2. The van der Waals surface area contributed by atoms with Crippen molar-refractivity contribution in [3.05, 3.63) is 40.9 Å². The summed E-state index contributed by atoms with van der Waals surface area (Å²) in [5.74, 6) is 1.32. The first-order valence-corrected chi connectivity index (χ1v) is 10.1. The largest absolute Gasteiger partial charge is 0.497 e. The molecule has 29 heavy (non-hydrogen) atoms. The number of aryl methyl sites for hydroxylation is 1. The van der Waals surface area contributed by atoms with Crippen LogP contribution in [0, 0.1) is 6.92 Å². The summed E-state index contributed by atoms with van der Waals surface area (Å²) in [5.41, 5.74) is 1.89. The minimum atomic E-state index is -0.246. The Kier molecular flexibility index (Phi) is 8.48. The number of ether oxygens (including phenoxy) is 3. The van der Waals surface area contributed by atoms with Crippen LogP contribution >= 0.6 is 23.4 Å². The fourth-order valence-corrected chi connectivity index (χ4v) is 3.21. The number of nitrogens with one attached hydrogen (secondary N) is 2. The van der Waals surface area contributed by atoms with Gasteiger partial charge in [-0.25, -0.2) is 0 Å². The zero-order chi connectivity index (χ0) is 21.4. The van der Waals surface area contributed by atoms with Crippen molar-refractivity contribution in [2.24, 2.45) is 0 Å². The molecule has 0 aromatic heterocycles. The molecule has 0 bridgehead atoms. The Morgan fingerprint density at radius 2 is 1.48 bits per heavy atom. The van der Waals surface area contributed by atoms with Gasteiger partial charge in [0.2, 0.25) is 11.8 Å². The number of rotatable bonds is 9. The van der Waals surface area contributed by atoms with Gasteiger partial charge in [0.15, 0.2) is 0 Å². The second-order valence-electron chi connectivity index (χ2n) is 5.96. The van der Waals surface area contributed by atoms with Gasteiger partial charge in [-0.2, -0.15) is 0 Å². The molecule has 0 aliphatic heterocycles. The van der Waals surface area contributed by atoms with Gasteiger partial charge >= 0.3 is 0 Å². The second kappa shape index (κ2) is 10.8. The number of benzene rings is 2. The highest BCUT2D eigenvalue weighted by Gasteiger charge is 2.13. The van der Waals surface area contributed by atoms with Crippen LogP contribution < -0.4 is 24.8 Å². The topological polar surface area (TPSA) is 85.9 Å². The van der Waals surface area contributed by atoms with Crippen LogP contribution in [0.25, 0.3) is 0 Å². The number of halogens is 1. The van der Waals surface area contributed by atoms with Gasteiger partial charge in [0.1, 0.15) is 17.2 Å². The third kappa shape index (κ3) is 6.47. The first kappa shape index (κ1) is 22.7. The van der Waals surface area contributed by atoms with Crippen molar-refractivity contribution in [1.29, 1.82) is 0 Å². The summed E-state index contributed by atoms with van der Waals surface area (Å²) in [5, 5.41) is 6.09. The zero-order valence-corrected chi connectivity index (χ0v) is 18.2. The summed E-state index contributed by atoms with van der Waals surface area (Å²) in [6.07, 6.45) is 0. The lowest BCUT2D eigenvalue weighted by Crippen LogP contribution is -2.19. The fourth-order valence-electron chi connectivity index (χ4n) is 2.44. The van der Waals surface area contributed by atoms with Crippen LogP contribution in [0.1, 0.15) is 5.56 Å². The van der Waals surface area contributed by atoms with Gasteiger partial charge in [-0.3, -0.25) is 9.59 Å². The van der Waals surface area contributed by atoms with Gasteiger partial charge in [-0.05, 0) is 30.7 Å². The van der Waals surface area contributed by atoms with E-state index in [1.807, 2.05) is 6.92 Å². The lowest BCUT2D eigenvalue weighted by molar-refractivity contribution is -0.114. The van der Waals surface area contributed by atoms with E-state index in [2.05, 4.69) is 10.6 Å². The molecule has 2 rings (SSSR count).